The second kappa shape index (κ2) is 4.98. The number of anilines is 1. The summed E-state index contributed by atoms with van der Waals surface area (Å²) in [6.45, 7) is 5.45. The molecule has 4 heterocycles. The van der Waals surface area contributed by atoms with Gasteiger partial charge in [0.25, 0.3) is 0 Å². The van der Waals surface area contributed by atoms with Gasteiger partial charge < -0.3 is 14.1 Å². The molecule has 23 heavy (non-hydrogen) atoms. The normalized spacial score (nSPS) is 30.1. The Hall–Kier alpha value is -1.54. The van der Waals surface area contributed by atoms with Crippen molar-refractivity contribution >= 4 is 16.5 Å². The third kappa shape index (κ3) is 2.35. The number of aryl methyl sites for hydroxylation is 1. The van der Waals surface area contributed by atoms with Gasteiger partial charge in [-0.15, -0.1) is 20.4 Å². The van der Waals surface area contributed by atoms with Crippen LogP contribution >= 0.6 is 11.3 Å². The number of fused-ring (bicyclic) bond motifs is 1. The van der Waals surface area contributed by atoms with Gasteiger partial charge in [-0.3, -0.25) is 0 Å². The Morgan fingerprint density at radius 1 is 1.26 bits per heavy atom. The molecular weight excluding hydrogens is 314 g/mol. The molecule has 1 aliphatic carbocycles. The van der Waals surface area contributed by atoms with Gasteiger partial charge in [0.05, 0.1) is 13.2 Å². The van der Waals surface area contributed by atoms with Gasteiger partial charge in [0.2, 0.25) is 16.9 Å². The molecule has 7 nitrogen and oxygen atoms in total. The predicted octanol–water partition coefficient (Wildman–Crippen LogP) is 1.80. The lowest BCUT2D eigenvalue weighted by molar-refractivity contribution is 0.150. The molecule has 0 radical (unpaired) electrons. The molecule has 0 bridgehead atoms. The van der Waals surface area contributed by atoms with Crippen LogP contribution in [-0.2, 0) is 11.2 Å². The summed E-state index contributed by atoms with van der Waals surface area (Å²) in [5.74, 6) is 2.58. The average molecular weight is 333 g/mol. The van der Waals surface area contributed by atoms with Gasteiger partial charge in [-0.2, -0.15) is 0 Å². The minimum Gasteiger partial charge on any atom is -0.425 e. The number of hydrogen-bond acceptors (Lipinski definition) is 8. The van der Waals surface area contributed by atoms with E-state index in [1.165, 1.54) is 12.8 Å². The summed E-state index contributed by atoms with van der Waals surface area (Å²) >= 11 is 1.66. The van der Waals surface area contributed by atoms with Crippen molar-refractivity contribution in [2.24, 2.45) is 11.3 Å². The average Bonchev–Trinajstić information content (AvgIpc) is 2.88. The number of nitrogens with zero attached hydrogens (tertiary/aromatic N) is 5. The first-order valence-corrected chi connectivity index (χ1v) is 8.99. The monoisotopic (exact) mass is 333 g/mol. The minimum absolute atomic E-state index is 0.0624. The molecular formula is C15H19N5O2S. The van der Waals surface area contributed by atoms with Crippen molar-refractivity contribution in [3.8, 4) is 0 Å². The Morgan fingerprint density at radius 3 is 2.96 bits per heavy atom. The van der Waals surface area contributed by atoms with Crippen molar-refractivity contribution in [2.45, 2.75) is 32.1 Å². The Bertz CT molecular complexity index is 727. The number of ether oxygens (including phenoxy) is 1. The van der Waals surface area contributed by atoms with Gasteiger partial charge in [-0.05, 0) is 19.8 Å². The van der Waals surface area contributed by atoms with E-state index < -0.39 is 0 Å². The molecule has 2 atom stereocenters. The van der Waals surface area contributed by atoms with E-state index in [0.717, 1.165) is 54.6 Å². The van der Waals surface area contributed by atoms with Crippen molar-refractivity contribution in [3.63, 3.8) is 0 Å². The summed E-state index contributed by atoms with van der Waals surface area (Å²) in [4.78, 5) is 2.34. The quantitative estimate of drug-likeness (QED) is 0.844. The maximum atomic E-state index is 5.90. The lowest BCUT2D eigenvalue weighted by atomic mass is 9.78. The van der Waals surface area contributed by atoms with E-state index in [0.29, 0.717) is 11.8 Å². The van der Waals surface area contributed by atoms with Gasteiger partial charge in [0.1, 0.15) is 5.01 Å². The molecule has 2 aromatic rings. The third-order valence-electron chi connectivity index (χ3n) is 5.22. The topological polar surface area (TPSA) is 77.2 Å². The largest absolute Gasteiger partial charge is 0.425 e. The zero-order valence-corrected chi connectivity index (χ0v) is 13.9. The number of aromatic nitrogens is 4. The highest BCUT2D eigenvalue weighted by molar-refractivity contribution is 7.15. The van der Waals surface area contributed by atoms with Crippen LogP contribution in [0.2, 0.25) is 0 Å². The Labute approximate surface area is 138 Å². The fraction of sp³-hybridized carbons (Fsp3) is 0.733. The zero-order chi connectivity index (χ0) is 15.4. The van der Waals surface area contributed by atoms with Crippen LogP contribution in [0.25, 0.3) is 0 Å². The standard InChI is InChI=1S/C15H19N5O2S/c1-9-16-19-14(23-9)20-5-11-6-21-8-15(11,7-20)4-12-17-18-13(22-12)10-2-3-10/h10-11H,2-8H2,1H3/t11-,15+/m1/s1. The van der Waals surface area contributed by atoms with E-state index in [-0.39, 0.29) is 5.41 Å². The molecule has 3 fully saturated rings. The van der Waals surface area contributed by atoms with Gasteiger partial charge >= 0.3 is 0 Å². The highest BCUT2D eigenvalue weighted by Gasteiger charge is 2.52. The van der Waals surface area contributed by atoms with Crippen molar-refractivity contribution in [3.05, 3.63) is 16.8 Å². The molecule has 2 saturated heterocycles. The summed E-state index contributed by atoms with van der Waals surface area (Å²) in [6, 6.07) is 0. The number of rotatable bonds is 4. The minimum atomic E-state index is 0.0624. The molecule has 0 N–H and O–H groups in total. The van der Waals surface area contributed by atoms with Gasteiger partial charge in [0.15, 0.2) is 0 Å². The second-order valence-corrected chi connectivity index (χ2v) is 8.20. The van der Waals surface area contributed by atoms with Crippen LogP contribution in [-0.4, -0.2) is 46.7 Å². The fourth-order valence-electron chi connectivity index (χ4n) is 3.78. The lowest BCUT2D eigenvalue weighted by Gasteiger charge is -2.25. The van der Waals surface area contributed by atoms with E-state index in [2.05, 4.69) is 25.3 Å². The first-order chi connectivity index (χ1) is 11.2. The van der Waals surface area contributed by atoms with Crippen LogP contribution < -0.4 is 4.90 Å². The van der Waals surface area contributed by atoms with E-state index >= 15 is 0 Å². The molecule has 8 heteroatoms. The van der Waals surface area contributed by atoms with Crippen LogP contribution in [0.5, 0.6) is 0 Å². The highest BCUT2D eigenvalue weighted by Crippen LogP contribution is 2.46. The summed E-state index contributed by atoms with van der Waals surface area (Å²) < 4.78 is 11.7. The van der Waals surface area contributed by atoms with Crippen LogP contribution in [0.15, 0.2) is 4.42 Å². The van der Waals surface area contributed by atoms with Crippen LogP contribution in [0.4, 0.5) is 5.13 Å². The first kappa shape index (κ1) is 13.9. The third-order valence-corrected chi connectivity index (χ3v) is 6.12. The fourth-order valence-corrected chi connectivity index (χ4v) is 4.47. The maximum absolute atomic E-state index is 5.90. The SMILES string of the molecule is Cc1nnc(N2C[C@@H]3COC[C@]3(Cc3nnc(C4CC4)o3)C2)s1. The van der Waals surface area contributed by atoms with Crippen molar-refractivity contribution in [2.75, 3.05) is 31.2 Å². The lowest BCUT2D eigenvalue weighted by Crippen LogP contribution is -2.33. The van der Waals surface area contributed by atoms with Gasteiger partial charge in [0, 0.05) is 36.8 Å². The van der Waals surface area contributed by atoms with Crippen molar-refractivity contribution in [1.29, 1.82) is 0 Å². The Balaban J connectivity index is 1.38. The predicted molar refractivity (Wildman–Crippen MR) is 83.6 cm³/mol. The van der Waals surface area contributed by atoms with Crippen LogP contribution in [0, 0.1) is 18.3 Å². The molecule has 2 aromatic heterocycles. The van der Waals surface area contributed by atoms with E-state index in [1.54, 1.807) is 11.3 Å². The molecule has 2 aliphatic heterocycles. The Morgan fingerprint density at radius 2 is 2.17 bits per heavy atom. The van der Waals surface area contributed by atoms with Gasteiger partial charge in [-0.25, -0.2) is 0 Å². The van der Waals surface area contributed by atoms with E-state index in [1.807, 2.05) is 6.92 Å². The summed E-state index contributed by atoms with van der Waals surface area (Å²) in [5.41, 5.74) is 0.0624. The zero-order valence-electron chi connectivity index (χ0n) is 13.1. The molecule has 0 spiro atoms. The van der Waals surface area contributed by atoms with Crippen LogP contribution in [0.3, 0.4) is 0 Å². The van der Waals surface area contributed by atoms with Crippen LogP contribution in [0.1, 0.15) is 35.5 Å². The summed E-state index contributed by atoms with van der Waals surface area (Å²) in [5, 5.41) is 19.0. The summed E-state index contributed by atoms with van der Waals surface area (Å²) in [7, 11) is 0. The smallest absolute Gasteiger partial charge is 0.219 e. The molecule has 0 amide bonds. The van der Waals surface area contributed by atoms with Crippen molar-refractivity contribution in [1.82, 2.24) is 20.4 Å². The molecule has 0 aromatic carbocycles. The molecule has 5 rings (SSSR count). The Kier molecular flexibility index (Phi) is 3.00. The van der Waals surface area contributed by atoms with Gasteiger partial charge in [-0.1, -0.05) is 11.3 Å². The highest BCUT2D eigenvalue weighted by atomic mass is 32.1. The van der Waals surface area contributed by atoms with E-state index in [9.17, 15) is 0 Å². The summed E-state index contributed by atoms with van der Waals surface area (Å²) in [6.07, 6.45) is 3.16. The van der Waals surface area contributed by atoms with Crippen molar-refractivity contribution < 1.29 is 9.15 Å². The van der Waals surface area contributed by atoms with E-state index in [4.69, 9.17) is 9.15 Å². The molecule has 1 saturated carbocycles. The molecule has 0 unspecified atom stereocenters. The maximum Gasteiger partial charge on any atom is 0.219 e. The molecule has 3 aliphatic rings. The first-order valence-electron chi connectivity index (χ1n) is 8.17. The molecule has 122 valence electrons. The second-order valence-electron chi connectivity index (χ2n) is 7.04. The number of hydrogen-bond donors (Lipinski definition) is 0.